The van der Waals surface area contributed by atoms with Crippen LogP contribution in [0, 0.1) is 3.57 Å². The molecule has 2 amide bonds. The van der Waals surface area contributed by atoms with Crippen molar-refractivity contribution in [1.29, 1.82) is 0 Å². The van der Waals surface area contributed by atoms with Gasteiger partial charge in [0.25, 0.3) is 0 Å². The quantitative estimate of drug-likeness (QED) is 0.299. The van der Waals surface area contributed by atoms with Crippen molar-refractivity contribution in [1.82, 2.24) is 10.2 Å². The van der Waals surface area contributed by atoms with E-state index in [-0.39, 0.29) is 18.9 Å². The van der Waals surface area contributed by atoms with Gasteiger partial charge in [0.15, 0.2) is 0 Å². The van der Waals surface area contributed by atoms with Crippen LogP contribution in [0.3, 0.4) is 0 Å². The molecule has 0 aromatic heterocycles. The first-order valence-corrected chi connectivity index (χ1v) is 15.7. The molecule has 0 aliphatic rings. The number of sulfonamides is 1. The molecule has 3 aromatic rings. The second-order valence-electron chi connectivity index (χ2n) is 10.6. The lowest BCUT2D eigenvalue weighted by molar-refractivity contribution is -0.140. The van der Waals surface area contributed by atoms with Crippen LogP contribution < -0.4 is 14.4 Å². The highest BCUT2D eigenvalue weighted by Crippen LogP contribution is 2.23. The van der Waals surface area contributed by atoms with Crippen LogP contribution in [0.25, 0.3) is 0 Å². The van der Waals surface area contributed by atoms with Gasteiger partial charge in [0.1, 0.15) is 18.3 Å². The van der Waals surface area contributed by atoms with E-state index in [0.29, 0.717) is 11.4 Å². The molecule has 0 aliphatic carbocycles. The van der Waals surface area contributed by atoms with Gasteiger partial charge in [0.2, 0.25) is 21.8 Å². The molecule has 3 rings (SSSR count). The summed E-state index contributed by atoms with van der Waals surface area (Å²) in [5.41, 5.74) is 1.44. The number of carbonyl (C=O) groups is 2. The van der Waals surface area contributed by atoms with Crippen molar-refractivity contribution < 1.29 is 22.7 Å². The Morgan fingerprint density at radius 2 is 1.57 bits per heavy atom. The standard InChI is InChI=1S/C30H36IN3O5S/c1-30(2,3)32-29(36)27(19-22-10-7-6-8-11-22)33(20-23-12-9-13-26(18-23)39-4)28(35)21-34(40(5,37)38)25-16-14-24(31)15-17-25/h6-18,27H,19-21H2,1-5H3,(H,32,36)/t27-/m0/s1. The number of hydrogen-bond donors (Lipinski definition) is 1. The lowest BCUT2D eigenvalue weighted by Crippen LogP contribution is -2.56. The van der Waals surface area contributed by atoms with Crippen molar-refractivity contribution in [2.45, 2.75) is 45.3 Å². The number of anilines is 1. The average Bonchev–Trinajstić information content (AvgIpc) is 2.89. The minimum atomic E-state index is -3.81. The van der Waals surface area contributed by atoms with E-state index in [1.165, 1.54) is 4.90 Å². The van der Waals surface area contributed by atoms with Crippen molar-refractivity contribution in [2.75, 3.05) is 24.2 Å². The fraction of sp³-hybridized carbons (Fsp3) is 0.333. The Kier molecular flexibility index (Phi) is 10.6. The van der Waals surface area contributed by atoms with E-state index in [9.17, 15) is 18.0 Å². The molecule has 0 heterocycles. The first kappa shape index (κ1) is 31.4. The number of nitrogens with zero attached hydrogens (tertiary/aromatic N) is 2. The highest BCUT2D eigenvalue weighted by atomic mass is 127. The average molecular weight is 678 g/mol. The normalized spacial score (nSPS) is 12.3. The summed E-state index contributed by atoms with van der Waals surface area (Å²) >= 11 is 2.13. The Labute approximate surface area is 250 Å². The van der Waals surface area contributed by atoms with Crippen molar-refractivity contribution in [3.8, 4) is 5.75 Å². The van der Waals surface area contributed by atoms with E-state index in [4.69, 9.17) is 4.74 Å². The number of benzene rings is 3. The van der Waals surface area contributed by atoms with Gasteiger partial charge < -0.3 is 15.0 Å². The van der Waals surface area contributed by atoms with Crippen LogP contribution in [0.15, 0.2) is 78.9 Å². The number of rotatable bonds is 11. The van der Waals surface area contributed by atoms with Crippen LogP contribution in [-0.4, -0.2) is 56.6 Å². The summed E-state index contributed by atoms with van der Waals surface area (Å²) in [6.45, 7) is 5.25. The predicted molar refractivity (Wildman–Crippen MR) is 167 cm³/mol. The number of carbonyl (C=O) groups excluding carboxylic acids is 2. The number of amides is 2. The zero-order valence-corrected chi connectivity index (χ0v) is 26.4. The summed E-state index contributed by atoms with van der Waals surface area (Å²) in [6, 6.07) is 22.7. The maximum absolute atomic E-state index is 14.1. The topological polar surface area (TPSA) is 96.0 Å². The number of methoxy groups -OCH3 is 1. The Morgan fingerprint density at radius 1 is 0.950 bits per heavy atom. The van der Waals surface area contributed by atoms with Crippen molar-refractivity contribution in [3.63, 3.8) is 0 Å². The molecule has 8 nitrogen and oxygen atoms in total. The molecule has 214 valence electrons. The van der Waals surface area contributed by atoms with E-state index in [1.54, 1.807) is 43.5 Å². The molecule has 0 fully saturated rings. The Balaban J connectivity index is 2.08. The fourth-order valence-corrected chi connectivity index (χ4v) is 5.40. The fourth-order valence-electron chi connectivity index (χ4n) is 4.20. The Morgan fingerprint density at radius 3 is 2.15 bits per heavy atom. The minimum absolute atomic E-state index is 0.0788. The lowest BCUT2D eigenvalue weighted by atomic mass is 10.0. The molecule has 0 aliphatic heterocycles. The molecule has 0 radical (unpaired) electrons. The zero-order chi connectivity index (χ0) is 29.5. The van der Waals surface area contributed by atoms with Gasteiger partial charge in [-0.2, -0.15) is 0 Å². The van der Waals surface area contributed by atoms with E-state index in [1.807, 2.05) is 63.2 Å². The van der Waals surface area contributed by atoms with Gasteiger partial charge in [-0.05, 0) is 90.9 Å². The highest BCUT2D eigenvalue weighted by molar-refractivity contribution is 14.1. The molecule has 0 bridgehead atoms. The molecule has 0 saturated heterocycles. The van der Waals surface area contributed by atoms with Crippen LogP contribution in [0.5, 0.6) is 5.75 Å². The molecule has 10 heteroatoms. The molecular formula is C30H36IN3O5S. The first-order valence-electron chi connectivity index (χ1n) is 12.8. The summed E-state index contributed by atoms with van der Waals surface area (Å²) in [6.07, 6.45) is 1.32. The van der Waals surface area contributed by atoms with E-state index in [0.717, 1.165) is 25.3 Å². The molecule has 40 heavy (non-hydrogen) atoms. The van der Waals surface area contributed by atoms with Crippen LogP contribution in [0.2, 0.25) is 0 Å². The monoisotopic (exact) mass is 677 g/mol. The number of nitrogens with one attached hydrogen (secondary N) is 1. The van der Waals surface area contributed by atoms with Crippen molar-refractivity contribution in [2.24, 2.45) is 0 Å². The van der Waals surface area contributed by atoms with E-state index in [2.05, 4.69) is 27.9 Å². The summed E-state index contributed by atoms with van der Waals surface area (Å²) < 4.78 is 33.1. The van der Waals surface area contributed by atoms with Crippen molar-refractivity contribution >= 4 is 50.1 Å². The maximum Gasteiger partial charge on any atom is 0.244 e. The smallest absolute Gasteiger partial charge is 0.244 e. The highest BCUT2D eigenvalue weighted by Gasteiger charge is 2.34. The molecular weight excluding hydrogens is 641 g/mol. The molecule has 0 spiro atoms. The van der Waals surface area contributed by atoms with Gasteiger partial charge in [0.05, 0.1) is 19.1 Å². The van der Waals surface area contributed by atoms with Gasteiger partial charge in [-0.1, -0.05) is 42.5 Å². The van der Waals surface area contributed by atoms with Gasteiger partial charge in [-0.25, -0.2) is 8.42 Å². The summed E-state index contributed by atoms with van der Waals surface area (Å²) in [5, 5.41) is 3.01. The van der Waals surface area contributed by atoms with Gasteiger partial charge in [-0.3, -0.25) is 13.9 Å². The molecule has 1 N–H and O–H groups in total. The van der Waals surface area contributed by atoms with Crippen molar-refractivity contribution in [3.05, 3.63) is 93.6 Å². The maximum atomic E-state index is 14.1. The number of ether oxygens (including phenoxy) is 1. The second-order valence-corrected chi connectivity index (χ2v) is 13.7. The van der Waals surface area contributed by atoms with Gasteiger partial charge in [0, 0.05) is 22.1 Å². The van der Waals surface area contributed by atoms with E-state index < -0.39 is 34.1 Å². The predicted octanol–water partition coefficient (Wildman–Crippen LogP) is 4.62. The third-order valence-corrected chi connectivity index (χ3v) is 7.91. The molecule has 1 atom stereocenters. The van der Waals surface area contributed by atoms with Crippen LogP contribution in [0.4, 0.5) is 5.69 Å². The number of halogens is 1. The summed E-state index contributed by atoms with van der Waals surface area (Å²) in [5.74, 6) is -0.218. The molecule has 3 aromatic carbocycles. The SMILES string of the molecule is COc1cccc(CN(C(=O)CN(c2ccc(I)cc2)S(C)(=O)=O)[C@@H](Cc2ccccc2)C(=O)NC(C)(C)C)c1. The summed E-state index contributed by atoms with van der Waals surface area (Å²) in [7, 11) is -2.26. The Bertz CT molecular complexity index is 1410. The minimum Gasteiger partial charge on any atom is -0.497 e. The Hall–Kier alpha value is -3.12. The molecule has 0 saturated carbocycles. The van der Waals surface area contributed by atoms with Crippen LogP contribution in [0.1, 0.15) is 31.9 Å². The second kappa shape index (κ2) is 13.5. The lowest BCUT2D eigenvalue weighted by Gasteiger charge is -2.35. The van der Waals surface area contributed by atoms with E-state index >= 15 is 0 Å². The van der Waals surface area contributed by atoms with Crippen LogP contribution in [-0.2, 0) is 32.6 Å². The third kappa shape index (κ3) is 9.22. The van der Waals surface area contributed by atoms with Gasteiger partial charge >= 0.3 is 0 Å². The summed E-state index contributed by atoms with van der Waals surface area (Å²) in [4.78, 5) is 29.3. The van der Waals surface area contributed by atoms with Crippen LogP contribution >= 0.6 is 22.6 Å². The molecule has 0 unspecified atom stereocenters. The largest absolute Gasteiger partial charge is 0.497 e. The first-order chi connectivity index (χ1) is 18.8. The number of hydrogen-bond acceptors (Lipinski definition) is 5. The van der Waals surface area contributed by atoms with Gasteiger partial charge in [-0.15, -0.1) is 0 Å². The third-order valence-electron chi connectivity index (χ3n) is 6.05. The zero-order valence-electron chi connectivity index (χ0n) is 23.4.